The molecule has 1 aromatic rings. The van der Waals surface area contributed by atoms with Gasteiger partial charge in [0.05, 0.1) is 0 Å². The highest BCUT2D eigenvalue weighted by atomic mass is 16.3. The Balaban J connectivity index is 2.03. The molecule has 1 atom stereocenters. The third-order valence-corrected chi connectivity index (χ3v) is 2.80. The minimum Gasteiger partial charge on any atom is -0.508 e. The van der Waals surface area contributed by atoms with E-state index in [1.807, 2.05) is 0 Å². The van der Waals surface area contributed by atoms with E-state index in [9.17, 15) is 15.0 Å². The molecule has 0 aromatic heterocycles. The second kappa shape index (κ2) is 5.05. The average molecular weight is 236 g/mol. The van der Waals surface area contributed by atoms with Crippen LogP contribution in [-0.4, -0.2) is 35.3 Å². The number of carbonyl (C=O) groups is 1. The fourth-order valence-corrected chi connectivity index (χ4v) is 1.97. The van der Waals surface area contributed by atoms with E-state index in [0.717, 1.165) is 25.9 Å². The lowest BCUT2D eigenvalue weighted by Gasteiger charge is -2.23. The molecular formula is C12H16N2O3. The standard InChI is InChI=1S/C12H16N2O3/c15-10-4-8(5-11(16)6-10)12(17)14-9-2-1-3-13-7-9/h4-6,9,13,15-16H,1-3,7H2,(H,14,17)/t9-/m0/s1. The van der Waals surface area contributed by atoms with Crippen LogP contribution >= 0.6 is 0 Å². The Labute approximate surface area is 99.5 Å². The van der Waals surface area contributed by atoms with Crippen LogP contribution in [0.5, 0.6) is 11.5 Å². The number of piperidine rings is 1. The molecule has 4 N–H and O–H groups in total. The summed E-state index contributed by atoms with van der Waals surface area (Å²) < 4.78 is 0. The predicted octanol–water partition coefficient (Wildman–Crippen LogP) is 0.580. The van der Waals surface area contributed by atoms with Gasteiger partial charge in [-0.1, -0.05) is 0 Å². The first-order valence-electron chi connectivity index (χ1n) is 5.70. The van der Waals surface area contributed by atoms with Crippen LogP contribution in [0.25, 0.3) is 0 Å². The Kier molecular flexibility index (Phi) is 3.49. The van der Waals surface area contributed by atoms with Crippen molar-refractivity contribution in [2.24, 2.45) is 0 Å². The monoisotopic (exact) mass is 236 g/mol. The van der Waals surface area contributed by atoms with Crippen molar-refractivity contribution in [1.29, 1.82) is 0 Å². The summed E-state index contributed by atoms with van der Waals surface area (Å²) in [6, 6.07) is 3.98. The van der Waals surface area contributed by atoms with Crippen molar-refractivity contribution >= 4 is 5.91 Å². The molecule has 1 heterocycles. The summed E-state index contributed by atoms with van der Waals surface area (Å²) in [7, 11) is 0. The molecule has 1 saturated heterocycles. The number of phenolic OH excluding ortho intramolecular Hbond substituents is 2. The SMILES string of the molecule is O=C(N[C@H]1CCCNC1)c1cc(O)cc(O)c1. The molecule has 2 rings (SSSR count). The van der Waals surface area contributed by atoms with E-state index in [4.69, 9.17) is 0 Å². The van der Waals surface area contributed by atoms with Crippen LogP contribution in [0.3, 0.4) is 0 Å². The molecule has 0 aliphatic carbocycles. The summed E-state index contributed by atoms with van der Waals surface area (Å²) in [6.07, 6.45) is 1.99. The van der Waals surface area contributed by atoms with Gasteiger partial charge < -0.3 is 20.8 Å². The van der Waals surface area contributed by atoms with Gasteiger partial charge in [-0.25, -0.2) is 0 Å². The van der Waals surface area contributed by atoms with Crippen molar-refractivity contribution in [3.05, 3.63) is 23.8 Å². The summed E-state index contributed by atoms with van der Waals surface area (Å²) in [6.45, 7) is 1.75. The first-order valence-corrected chi connectivity index (χ1v) is 5.70. The number of phenols is 2. The topological polar surface area (TPSA) is 81.6 Å². The van der Waals surface area contributed by atoms with Gasteiger partial charge in [0.2, 0.25) is 0 Å². The smallest absolute Gasteiger partial charge is 0.251 e. The Hall–Kier alpha value is -1.75. The van der Waals surface area contributed by atoms with Gasteiger partial charge in [-0.2, -0.15) is 0 Å². The highest BCUT2D eigenvalue weighted by Gasteiger charge is 2.16. The average Bonchev–Trinajstić information content (AvgIpc) is 2.29. The molecule has 1 amide bonds. The quantitative estimate of drug-likeness (QED) is 0.605. The number of aromatic hydroxyl groups is 2. The molecule has 0 spiro atoms. The maximum Gasteiger partial charge on any atom is 0.251 e. The fourth-order valence-electron chi connectivity index (χ4n) is 1.97. The highest BCUT2D eigenvalue weighted by molar-refractivity contribution is 5.95. The number of amides is 1. The van der Waals surface area contributed by atoms with Gasteiger partial charge in [-0.15, -0.1) is 0 Å². The number of rotatable bonds is 2. The van der Waals surface area contributed by atoms with Gasteiger partial charge in [-0.05, 0) is 31.5 Å². The van der Waals surface area contributed by atoms with Gasteiger partial charge in [0, 0.05) is 24.2 Å². The Morgan fingerprint density at radius 3 is 2.59 bits per heavy atom. The highest BCUT2D eigenvalue weighted by Crippen LogP contribution is 2.20. The van der Waals surface area contributed by atoms with Crippen molar-refractivity contribution in [1.82, 2.24) is 10.6 Å². The van der Waals surface area contributed by atoms with Crippen LogP contribution in [0, 0.1) is 0 Å². The lowest BCUT2D eigenvalue weighted by molar-refractivity contribution is 0.0930. The lowest BCUT2D eigenvalue weighted by Crippen LogP contribution is -2.45. The van der Waals surface area contributed by atoms with E-state index in [1.54, 1.807) is 0 Å². The summed E-state index contributed by atoms with van der Waals surface area (Å²) in [5.74, 6) is -0.501. The molecule has 1 aromatic carbocycles. The second-order valence-corrected chi connectivity index (χ2v) is 4.25. The molecular weight excluding hydrogens is 220 g/mol. The number of hydrogen-bond donors (Lipinski definition) is 4. The lowest BCUT2D eigenvalue weighted by atomic mass is 10.1. The van der Waals surface area contributed by atoms with E-state index in [-0.39, 0.29) is 29.0 Å². The number of hydrogen-bond acceptors (Lipinski definition) is 4. The molecule has 92 valence electrons. The number of nitrogens with one attached hydrogen (secondary N) is 2. The van der Waals surface area contributed by atoms with Crippen LogP contribution < -0.4 is 10.6 Å². The Morgan fingerprint density at radius 2 is 2.00 bits per heavy atom. The van der Waals surface area contributed by atoms with E-state index in [0.29, 0.717) is 0 Å². The maximum atomic E-state index is 11.9. The van der Waals surface area contributed by atoms with E-state index in [2.05, 4.69) is 10.6 Å². The summed E-state index contributed by atoms with van der Waals surface area (Å²) in [5, 5.41) is 24.7. The van der Waals surface area contributed by atoms with Crippen molar-refractivity contribution in [2.75, 3.05) is 13.1 Å². The van der Waals surface area contributed by atoms with Crippen LogP contribution in [0.1, 0.15) is 23.2 Å². The fraction of sp³-hybridized carbons (Fsp3) is 0.417. The maximum absolute atomic E-state index is 11.9. The van der Waals surface area contributed by atoms with E-state index >= 15 is 0 Å². The molecule has 0 bridgehead atoms. The molecule has 5 nitrogen and oxygen atoms in total. The molecule has 0 radical (unpaired) electrons. The van der Waals surface area contributed by atoms with Gasteiger partial charge in [0.1, 0.15) is 11.5 Å². The third-order valence-electron chi connectivity index (χ3n) is 2.80. The number of benzene rings is 1. The van der Waals surface area contributed by atoms with Crippen LogP contribution in [0.4, 0.5) is 0 Å². The van der Waals surface area contributed by atoms with Gasteiger partial charge in [-0.3, -0.25) is 4.79 Å². The predicted molar refractivity (Wildman–Crippen MR) is 63.1 cm³/mol. The van der Waals surface area contributed by atoms with Crippen molar-refractivity contribution < 1.29 is 15.0 Å². The Morgan fingerprint density at radius 1 is 1.29 bits per heavy atom. The molecule has 0 unspecified atom stereocenters. The van der Waals surface area contributed by atoms with Crippen LogP contribution in [-0.2, 0) is 0 Å². The first kappa shape index (κ1) is 11.7. The molecule has 1 fully saturated rings. The zero-order valence-corrected chi connectivity index (χ0v) is 9.44. The third kappa shape index (κ3) is 3.10. The normalized spacial score (nSPS) is 19.9. The van der Waals surface area contributed by atoms with Gasteiger partial charge in [0.25, 0.3) is 5.91 Å². The van der Waals surface area contributed by atoms with Crippen molar-refractivity contribution in [3.8, 4) is 11.5 Å². The zero-order valence-electron chi connectivity index (χ0n) is 9.44. The van der Waals surface area contributed by atoms with Crippen molar-refractivity contribution in [3.63, 3.8) is 0 Å². The minimum atomic E-state index is -0.273. The van der Waals surface area contributed by atoms with Crippen molar-refractivity contribution in [2.45, 2.75) is 18.9 Å². The van der Waals surface area contributed by atoms with Crippen LogP contribution in [0.2, 0.25) is 0 Å². The number of carbonyl (C=O) groups excluding carboxylic acids is 1. The molecule has 0 saturated carbocycles. The van der Waals surface area contributed by atoms with Gasteiger partial charge in [0.15, 0.2) is 0 Å². The summed E-state index contributed by atoms with van der Waals surface area (Å²) in [5.41, 5.74) is 0.271. The molecule has 1 aliphatic heterocycles. The van der Waals surface area contributed by atoms with Gasteiger partial charge >= 0.3 is 0 Å². The van der Waals surface area contributed by atoms with Crippen LogP contribution in [0.15, 0.2) is 18.2 Å². The summed E-state index contributed by atoms with van der Waals surface area (Å²) >= 11 is 0. The molecule has 5 heteroatoms. The molecule has 17 heavy (non-hydrogen) atoms. The largest absolute Gasteiger partial charge is 0.508 e. The molecule has 1 aliphatic rings. The second-order valence-electron chi connectivity index (χ2n) is 4.25. The zero-order chi connectivity index (χ0) is 12.3. The summed E-state index contributed by atoms with van der Waals surface area (Å²) in [4.78, 5) is 11.9. The first-order chi connectivity index (χ1) is 8.15. The van der Waals surface area contributed by atoms with E-state index in [1.165, 1.54) is 18.2 Å². The minimum absolute atomic E-state index is 0.112. The Bertz CT molecular complexity index is 394. The van der Waals surface area contributed by atoms with E-state index < -0.39 is 0 Å².